The highest BCUT2D eigenvalue weighted by molar-refractivity contribution is 7.80. The molecule has 0 spiro atoms. The van der Waals surface area contributed by atoms with Crippen molar-refractivity contribution in [1.82, 2.24) is 10.6 Å². The van der Waals surface area contributed by atoms with Crippen molar-refractivity contribution in [3.63, 3.8) is 0 Å². The Bertz CT molecular complexity index is 380. The van der Waals surface area contributed by atoms with Crippen molar-refractivity contribution in [3.8, 4) is 0 Å². The molecule has 104 valence electrons. The Balaban J connectivity index is 3.06. The summed E-state index contributed by atoms with van der Waals surface area (Å²) in [5.41, 5.74) is 0. The summed E-state index contributed by atoms with van der Waals surface area (Å²) in [7, 11) is 0. The maximum Gasteiger partial charge on any atom is 0.459 e. The van der Waals surface area contributed by atoms with E-state index in [0.29, 0.717) is 0 Å². The summed E-state index contributed by atoms with van der Waals surface area (Å²) in [5.74, 6) is -16.5. The van der Waals surface area contributed by atoms with Crippen molar-refractivity contribution in [2.75, 3.05) is 6.54 Å². The van der Waals surface area contributed by atoms with E-state index >= 15 is 0 Å². The van der Waals surface area contributed by atoms with Gasteiger partial charge in [-0.2, -0.15) is 30.7 Å². The SMILES string of the molecule is O=C1NC(=S)NCC1C(F)(F)C(F)(F)C(F)(F)F. The molecule has 2 N–H and O–H groups in total. The number of carbonyl (C=O) groups excluding carboxylic acids is 1. The van der Waals surface area contributed by atoms with E-state index in [1.54, 1.807) is 5.32 Å². The molecule has 1 unspecified atom stereocenters. The van der Waals surface area contributed by atoms with E-state index in [1.165, 1.54) is 0 Å². The van der Waals surface area contributed by atoms with E-state index in [4.69, 9.17) is 0 Å². The molecule has 11 heteroatoms. The quantitative estimate of drug-likeness (QED) is 0.599. The summed E-state index contributed by atoms with van der Waals surface area (Å²) in [6.07, 6.45) is -6.46. The number of rotatable bonds is 2. The molecule has 0 aliphatic carbocycles. The predicted octanol–water partition coefficient (Wildman–Crippen LogP) is 1.44. The summed E-state index contributed by atoms with van der Waals surface area (Å²) < 4.78 is 87.2. The number of amides is 1. The van der Waals surface area contributed by atoms with Crippen LogP contribution in [0.15, 0.2) is 0 Å². The van der Waals surface area contributed by atoms with E-state index in [9.17, 15) is 35.5 Å². The summed E-state index contributed by atoms with van der Waals surface area (Å²) in [4.78, 5) is 11.0. The Morgan fingerprint density at radius 1 is 1.11 bits per heavy atom. The zero-order chi connectivity index (χ0) is 14.4. The van der Waals surface area contributed by atoms with Crippen LogP contribution in [0.3, 0.4) is 0 Å². The first kappa shape index (κ1) is 14.9. The lowest BCUT2D eigenvalue weighted by atomic mass is 9.93. The van der Waals surface area contributed by atoms with Crippen LogP contribution in [-0.4, -0.2) is 35.6 Å². The third-order valence-corrected chi connectivity index (χ3v) is 2.48. The lowest BCUT2D eigenvalue weighted by Crippen LogP contribution is -2.64. The first-order chi connectivity index (χ1) is 7.91. The monoisotopic (exact) mass is 298 g/mol. The Morgan fingerprint density at radius 3 is 2.00 bits per heavy atom. The number of hydrogen-bond donors (Lipinski definition) is 2. The van der Waals surface area contributed by atoms with Gasteiger partial charge < -0.3 is 10.6 Å². The van der Waals surface area contributed by atoms with Crippen molar-refractivity contribution in [2.24, 2.45) is 5.92 Å². The van der Waals surface area contributed by atoms with E-state index in [0.717, 1.165) is 0 Å². The van der Waals surface area contributed by atoms with Gasteiger partial charge in [0.2, 0.25) is 5.91 Å². The minimum Gasteiger partial charge on any atom is -0.361 e. The Labute approximate surface area is 101 Å². The average Bonchev–Trinajstić information content (AvgIpc) is 2.14. The summed E-state index contributed by atoms with van der Waals surface area (Å²) >= 11 is 4.33. The first-order valence-electron chi connectivity index (χ1n) is 4.32. The maximum absolute atomic E-state index is 13.1. The molecule has 1 heterocycles. The van der Waals surface area contributed by atoms with E-state index in [2.05, 4.69) is 12.2 Å². The molecule has 1 aliphatic rings. The molecule has 1 atom stereocenters. The Morgan fingerprint density at radius 2 is 1.61 bits per heavy atom. The highest BCUT2D eigenvalue weighted by Crippen LogP contribution is 2.49. The Kier molecular flexibility index (Phi) is 3.49. The van der Waals surface area contributed by atoms with Gasteiger partial charge in [-0.1, -0.05) is 0 Å². The van der Waals surface area contributed by atoms with Crippen LogP contribution in [0, 0.1) is 5.92 Å². The van der Waals surface area contributed by atoms with Gasteiger partial charge in [-0.05, 0) is 12.2 Å². The van der Waals surface area contributed by atoms with Gasteiger partial charge in [0.1, 0.15) is 5.92 Å². The van der Waals surface area contributed by atoms with E-state index < -0.39 is 41.5 Å². The van der Waals surface area contributed by atoms with Crippen LogP contribution in [0.2, 0.25) is 0 Å². The van der Waals surface area contributed by atoms with E-state index in [1.807, 2.05) is 5.32 Å². The molecule has 0 aromatic rings. The lowest BCUT2D eigenvalue weighted by Gasteiger charge is -2.35. The molecule has 1 saturated heterocycles. The third-order valence-electron chi connectivity index (χ3n) is 2.23. The summed E-state index contributed by atoms with van der Waals surface area (Å²) in [6, 6.07) is 0. The van der Waals surface area contributed by atoms with Crippen molar-refractivity contribution in [2.45, 2.75) is 18.0 Å². The molecule has 1 aliphatic heterocycles. The van der Waals surface area contributed by atoms with Gasteiger partial charge in [0.15, 0.2) is 5.11 Å². The third kappa shape index (κ3) is 2.22. The fourth-order valence-electron chi connectivity index (χ4n) is 1.23. The molecule has 0 bridgehead atoms. The summed E-state index contributed by atoms with van der Waals surface area (Å²) in [5, 5.41) is 3.06. The highest BCUT2D eigenvalue weighted by Gasteiger charge is 2.76. The van der Waals surface area contributed by atoms with Gasteiger partial charge in [-0.15, -0.1) is 0 Å². The van der Waals surface area contributed by atoms with Crippen molar-refractivity contribution in [1.29, 1.82) is 0 Å². The zero-order valence-electron chi connectivity index (χ0n) is 8.25. The topological polar surface area (TPSA) is 41.1 Å². The average molecular weight is 298 g/mol. The first-order valence-corrected chi connectivity index (χ1v) is 4.73. The van der Waals surface area contributed by atoms with Crippen LogP contribution < -0.4 is 10.6 Å². The van der Waals surface area contributed by atoms with Crippen LogP contribution in [0.4, 0.5) is 30.7 Å². The van der Waals surface area contributed by atoms with Gasteiger partial charge in [-0.25, -0.2) is 0 Å². The second-order valence-corrected chi connectivity index (χ2v) is 3.86. The van der Waals surface area contributed by atoms with E-state index in [-0.39, 0.29) is 0 Å². The molecule has 0 aromatic heterocycles. The predicted molar refractivity (Wildman–Crippen MR) is 48.2 cm³/mol. The lowest BCUT2D eigenvalue weighted by molar-refractivity contribution is -0.362. The smallest absolute Gasteiger partial charge is 0.361 e. The minimum absolute atomic E-state index is 0.414. The standard InChI is InChI=1S/C7H5F7N2OS/c8-5(9,6(10,11)7(12,13)14)2-1-15-4(18)16-3(2)17/h2H,1H2,(H2,15,16,17,18). The number of hydrogen-bond acceptors (Lipinski definition) is 2. The number of thiocarbonyl (C=S) groups is 1. The molecule has 18 heavy (non-hydrogen) atoms. The number of nitrogens with one attached hydrogen (secondary N) is 2. The molecule has 0 aromatic carbocycles. The minimum atomic E-state index is -6.46. The second kappa shape index (κ2) is 4.21. The summed E-state index contributed by atoms with van der Waals surface area (Å²) in [6.45, 7) is -1.11. The number of halogens is 7. The molecule has 1 rings (SSSR count). The van der Waals surface area contributed by atoms with Crippen LogP contribution in [0.5, 0.6) is 0 Å². The molecule has 0 radical (unpaired) electrons. The molecule has 1 amide bonds. The highest BCUT2D eigenvalue weighted by atomic mass is 32.1. The van der Waals surface area contributed by atoms with Crippen LogP contribution in [0.1, 0.15) is 0 Å². The fraction of sp³-hybridized carbons (Fsp3) is 0.714. The van der Waals surface area contributed by atoms with Crippen LogP contribution in [0.25, 0.3) is 0 Å². The molecular weight excluding hydrogens is 293 g/mol. The molecule has 3 nitrogen and oxygen atoms in total. The number of carbonyl (C=O) groups is 1. The van der Waals surface area contributed by atoms with Crippen LogP contribution >= 0.6 is 12.2 Å². The van der Waals surface area contributed by atoms with Gasteiger partial charge in [0.25, 0.3) is 0 Å². The Hall–Kier alpha value is -1.13. The van der Waals surface area contributed by atoms with Gasteiger partial charge in [0, 0.05) is 6.54 Å². The number of alkyl halides is 7. The van der Waals surface area contributed by atoms with Gasteiger partial charge >= 0.3 is 18.0 Å². The zero-order valence-corrected chi connectivity index (χ0v) is 9.06. The normalized spacial score (nSPS) is 22.5. The van der Waals surface area contributed by atoms with Gasteiger partial charge in [0.05, 0.1) is 0 Å². The van der Waals surface area contributed by atoms with Gasteiger partial charge in [-0.3, -0.25) is 4.79 Å². The van der Waals surface area contributed by atoms with Crippen molar-refractivity contribution < 1.29 is 35.5 Å². The fourth-order valence-corrected chi connectivity index (χ4v) is 1.42. The molecular formula is C7H5F7N2OS. The van der Waals surface area contributed by atoms with Crippen LogP contribution in [-0.2, 0) is 4.79 Å². The maximum atomic E-state index is 13.1. The molecule has 1 fully saturated rings. The van der Waals surface area contributed by atoms with Crippen molar-refractivity contribution >= 4 is 23.2 Å². The second-order valence-electron chi connectivity index (χ2n) is 3.45. The van der Waals surface area contributed by atoms with Crippen molar-refractivity contribution in [3.05, 3.63) is 0 Å². The molecule has 0 saturated carbocycles. The largest absolute Gasteiger partial charge is 0.459 e.